The molecule has 1 amide bonds. The van der Waals surface area contributed by atoms with Gasteiger partial charge in [0.25, 0.3) is 5.91 Å². The van der Waals surface area contributed by atoms with E-state index in [1.54, 1.807) is 18.3 Å². The van der Waals surface area contributed by atoms with Gasteiger partial charge in [-0.3, -0.25) is 4.79 Å². The summed E-state index contributed by atoms with van der Waals surface area (Å²) in [5, 5.41) is 2.84. The van der Waals surface area contributed by atoms with E-state index >= 15 is 0 Å². The van der Waals surface area contributed by atoms with Gasteiger partial charge >= 0.3 is 0 Å². The fourth-order valence-corrected chi connectivity index (χ4v) is 1.26. The topological polar surface area (TPSA) is 45.2 Å². The van der Waals surface area contributed by atoms with E-state index in [1.165, 1.54) is 0 Å². The molecule has 4 nitrogen and oxygen atoms in total. The van der Waals surface area contributed by atoms with Crippen LogP contribution < -0.4 is 10.2 Å². The number of hydrogen-bond donors (Lipinski definition) is 1. The van der Waals surface area contributed by atoms with Crippen molar-refractivity contribution in [2.45, 2.75) is 13.3 Å². The first-order valence-corrected chi connectivity index (χ1v) is 5.07. The normalized spacial score (nSPS) is 9.80. The molecule has 0 fully saturated rings. The zero-order chi connectivity index (χ0) is 11.3. The van der Waals surface area contributed by atoms with Crippen LogP contribution in [0.15, 0.2) is 18.3 Å². The minimum absolute atomic E-state index is 0.0614. The number of amides is 1. The lowest BCUT2D eigenvalue weighted by atomic mass is 10.2. The number of carbonyl (C=O) groups is 1. The van der Waals surface area contributed by atoms with E-state index in [-0.39, 0.29) is 5.91 Å². The highest BCUT2D eigenvalue weighted by Crippen LogP contribution is 2.13. The summed E-state index contributed by atoms with van der Waals surface area (Å²) in [6.45, 7) is 2.72. The van der Waals surface area contributed by atoms with Crippen molar-refractivity contribution in [3.63, 3.8) is 0 Å². The minimum Gasteiger partial charge on any atom is -0.362 e. The monoisotopic (exact) mass is 207 g/mol. The van der Waals surface area contributed by atoms with Gasteiger partial charge in [-0.2, -0.15) is 0 Å². The molecule has 1 heterocycles. The molecular formula is C11H17N3O. The molecule has 0 aromatic carbocycles. The van der Waals surface area contributed by atoms with E-state index < -0.39 is 0 Å². The molecule has 1 aromatic rings. The van der Waals surface area contributed by atoms with Crippen molar-refractivity contribution in [3.8, 4) is 0 Å². The summed E-state index contributed by atoms with van der Waals surface area (Å²) in [7, 11) is 3.75. The third-order valence-corrected chi connectivity index (χ3v) is 1.99. The van der Waals surface area contributed by atoms with Crippen LogP contribution in [0, 0.1) is 0 Å². The van der Waals surface area contributed by atoms with Crippen LogP contribution >= 0.6 is 0 Å². The van der Waals surface area contributed by atoms with Crippen LogP contribution in [0.5, 0.6) is 0 Å². The second-order valence-electron chi connectivity index (χ2n) is 3.52. The van der Waals surface area contributed by atoms with Gasteiger partial charge in [-0.15, -0.1) is 0 Å². The highest BCUT2D eigenvalue weighted by Gasteiger charge is 2.12. The van der Waals surface area contributed by atoms with Gasteiger partial charge in [0.05, 0.1) is 5.56 Å². The average Bonchev–Trinajstić information content (AvgIpc) is 2.25. The first-order valence-electron chi connectivity index (χ1n) is 5.07. The first-order chi connectivity index (χ1) is 7.16. The second-order valence-corrected chi connectivity index (χ2v) is 3.52. The van der Waals surface area contributed by atoms with Crippen LogP contribution in [0.1, 0.15) is 23.7 Å². The molecule has 0 saturated heterocycles. The molecule has 82 valence electrons. The molecule has 0 aliphatic carbocycles. The molecule has 1 N–H and O–H groups in total. The minimum atomic E-state index is -0.0614. The quantitative estimate of drug-likeness (QED) is 0.809. The van der Waals surface area contributed by atoms with Crippen molar-refractivity contribution in [1.82, 2.24) is 10.3 Å². The maximum atomic E-state index is 11.8. The van der Waals surface area contributed by atoms with Crippen LogP contribution in [0.2, 0.25) is 0 Å². The standard InChI is InChI=1S/C11H17N3O/c1-4-7-13-11(15)9-6-5-8-12-10(9)14(2)3/h5-6,8H,4,7H2,1-3H3,(H,13,15). The predicted octanol–water partition coefficient (Wildman–Crippen LogP) is 1.29. The summed E-state index contributed by atoms with van der Waals surface area (Å²) in [4.78, 5) is 17.8. The fraction of sp³-hybridized carbons (Fsp3) is 0.455. The lowest BCUT2D eigenvalue weighted by Gasteiger charge is -2.15. The highest BCUT2D eigenvalue weighted by molar-refractivity contribution is 5.98. The molecule has 0 aliphatic rings. The van der Waals surface area contributed by atoms with Crippen molar-refractivity contribution >= 4 is 11.7 Å². The van der Waals surface area contributed by atoms with Crippen molar-refractivity contribution < 1.29 is 4.79 Å². The summed E-state index contributed by atoms with van der Waals surface area (Å²) < 4.78 is 0. The Kier molecular flexibility index (Phi) is 4.09. The van der Waals surface area contributed by atoms with Gasteiger partial charge in [0.2, 0.25) is 0 Å². The Bertz CT molecular complexity index is 336. The van der Waals surface area contributed by atoms with Crippen LogP contribution in [0.4, 0.5) is 5.82 Å². The molecule has 15 heavy (non-hydrogen) atoms. The zero-order valence-electron chi connectivity index (χ0n) is 9.45. The molecule has 0 unspecified atom stereocenters. The number of hydrogen-bond acceptors (Lipinski definition) is 3. The molecular weight excluding hydrogens is 190 g/mol. The molecule has 0 atom stereocenters. The third kappa shape index (κ3) is 2.94. The summed E-state index contributed by atoms with van der Waals surface area (Å²) in [6.07, 6.45) is 2.62. The van der Waals surface area contributed by atoms with E-state index in [4.69, 9.17) is 0 Å². The molecule has 1 aromatic heterocycles. The van der Waals surface area contributed by atoms with Crippen molar-refractivity contribution in [2.24, 2.45) is 0 Å². The van der Waals surface area contributed by atoms with Gasteiger partial charge in [0.15, 0.2) is 0 Å². The molecule has 4 heteroatoms. The largest absolute Gasteiger partial charge is 0.362 e. The molecule has 0 bridgehead atoms. The van der Waals surface area contributed by atoms with E-state index in [0.29, 0.717) is 17.9 Å². The average molecular weight is 207 g/mol. The van der Waals surface area contributed by atoms with Gasteiger partial charge in [0.1, 0.15) is 5.82 Å². The maximum Gasteiger partial charge on any atom is 0.255 e. The zero-order valence-corrected chi connectivity index (χ0v) is 9.45. The van der Waals surface area contributed by atoms with E-state index in [0.717, 1.165) is 6.42 Å². The lowest BCUT2D eigenvalue weighted by Crippen LogP contribution is -2.26. The Morgan fingerprint density at radius 2 is 2.27 bits per heavy atom. The Balaban J connectivity index is 2.87. The smallest absolute Gasteiger partial charge is 0.255 e. The van der Waals surface area contributed by atoms with Crippen LogP contribution in [0.3, 0.4) is 0 Å². The summed E-state index contributed by atoms with van der Waals surface area (Å²) in [6, 6.07) is 3.56. The first kappa shape index (κ1) is 11.5. The molecule has 0 radical (unpaired) electrons. The predicted molar refractivity (Wildman–Crippen MR) is 61.2 cm³/mol. The number of carbonyl (C=O) groups excluding carboxylic acids is 1. The van der Waals surface area contributed by atoms with Gasteiger partial charge in [-0.05, 0) is 18.6 Å². The molecule has 1 rings (SSSR count). The SMILES string of the molecule is CCCNC(=O)c1cccnc1N(C)C. The Morgan fingerprint density at radius 1 is 1.53 bits per heavy atom. The van der Waals surface area contributed by atoms with Crippen LogP contribution in [-0.4, -0.2) is 31.5 Å². The summed E-state index contributed by atoms with van der Waals surface area (Å²) in [5.41, 5.74) is 0.621. The summed E-state index contributed by atoms with van der Waals surface area (Å²) >= 11 is 0. The molecule has 0 saturated carbocycles. The number of pyridine rings is 1. The fourth-order valence-electron chi connectivity index (χ4n) is 1.26. The molecule has 0 spiro atoms. The van der Waals surface area contributed by atoms with Crippen molar-refractivity contribution in [1.29, 1.82) is 0 Å². The van der Waals surface area contributed by atoms with E-state index in [1.807, 2.05) is 25.9 Å². The van der Waals surface area contributed by atoms with Gasteiger partial charge < -0.3 is 10.2 Å². The Morgan fingerprint density at radius 3 is 2.87 bits per heavy atom. The van der Waals surface area contributed by atoms with Gasteiger partial charge in [-0.1, -0.05) is 6.92 Å². The number of rotatable bonds is 4. The Hall–Kier alpha value is -1.58. The van der Waals surface area contributed by atoms with Gasteiger partial charge in [0, 0.05) is 26.8 Å². The number of nitrogens with one attached hydrogen (secondary N) is 1. The number of anilines is 1. The molecule has 0 aliphatic heterocycles. The van der Waals surface area contributed by atoms with E-state index in [2.05, 4.69) is 10.3 Å². The lowest BCUT2D eigenvalue weighted by molar-refractivity contribution is 0.0954. The van der Waals surface area contributed by atoms with E-state index in [9.17, 15) is 4.79 Å². The third-order valence-electron chi connectivity index (χ3n) is 1.99. The van der Waals surface area contributed by atoms with Crippen molar-refractivity contribution in [3.05, 3.63) is 23.9 Å². The maximum absolute atomic E-state index is 11.8. The van der Waals surface area contributed by atoms with Crippen LogP contribution in [-0.2, 0) is 0 Å². The van der Waals surface area contributed by atoms with Crippen molar-refractivity contribution in [2.75, 3.05) is 25.5 Å². The number of aromatic nitrogens is 1. The van der Waals surface area contributed by atoms with Gasteiger partial charge in [-0.25, -0.2) is 4.98 Å². The number of nitrogens with zero attached hydrogens (tertiary/aromatic N) is 2. The second kappa shape index (κ2) is 5.34. The van der Waals surface area contributed by atoms with Crippen LogP contribution in [0.25, 0.3) is 0 Å². The highest BCUT2D eigenvalue weighted by atomic mass is 16.1. The summed E-state index contributed by atoms with van der Waals surface area (Å²) in [5.74, 6) is 0.639. The Labute approximate surface area is 90.3 Å².